The smallest absolute Gasteiger partial charge is 0.269 e. The maximum Gasteiger partial charge on any atom is 0.269 e. The molecule has 2 aromatic heterocycles. The average molecular weight is 822 g/mol. The van der Waals surface area contributed by atoms with Gasteiger partial charge in [0.05, 0.1) is 18.5 Å². The molecule has 3 amide bonds. The second-order valence-electron chi connectivity index (χ2n) is 20.3. The summed E-state index contributed by atoms with van der Waals surface area (Å²) in [6, 6.07) is 25.8. The van der Waals surface area contributed by atoms with Gasteiger partial charge in [0.15, 0.2) is 0 Å². The molecule has 1 saturated carbocycles. The Bertz CT molecular complexity index is 2390. The minimum absolute atomic E-state index is 0.0689. The number of fused-ring (bicyclic) bond motifs is 3. The number of carbonyl (C=O) groups excluding carboxylic acids is 3. The van der Waals surface area contributed by atoms with E-state index in [0.717, 1.165) is 29.7 Å². The maximum absolute atomic E-state index is 12.4. The van der Waals surface area contributed by atoms with E-state index in [9.17, 15) is 14.4 Å². The zero-order valence-corrected chi connectivity index (χ0v) is 38.7. The zero-order valence-electron chi connectivity index (χ0n) is 38.7. The van der Waals surface area contributed by atoms with Gasteiger partial charge >= 0.3 is 0 Å². The van der Waals surface area contributed by atoms with Gasteiger partial charge in [0.2, 0.25) is 11.8 Å². The van der Waals surface area contributed by atoms with Crippen LogP contribution >= 0.6 is 0 Å². The Hall–Kier alpha value is -5.37. The summed E-state index contributed by atoms with van der Waals surface area (Å²) in [7, 11) is 1.59. The predicted molar refractivity (Wildman–Crippen MR) is 249 cm³/mol. The first kappa shape index (κ1) is 45.2. The highest BCUT2D eigenvalue weighted by molar-refractivity contribution is 5.93. The number of aromatic nitrogens is 2. The first-order chi connectivity index (χ1) is 28.7. The Kier molecular flexibility index (Phi) is 13.3. The molecule has 0 unspecified atom stereocenters. The zero-order chi connectivity index (χ0) is 44.4. The minimum atomic E-state index is -0.192. The van der Waals surface area contributed by atoms with Crippen molar-refractivity contribution in [3.05, 3.63) is 130 Å². The Morgan fingerprint density at radius 2 is 1.25 bits per heavy atom. The van der Waals surface area contributed by atoms with E-state index in [2.05, 4.69) is 157 Å². The fourth-order valence-electron chi connectivity index (χ4n) is 8.73. The maximum atomic E-state index is 12.4. The monoisotopic (exact) mass is 822 g/mol. The van der Waals surface area contributed by atoms with Gasteiger partial charge in [-0.1, -0.05) is 117 Å². The van der Waals surface area contributed by atoms with Crippen LogP contribution in [0.4, 0.5) is 0 Å². The van der Waals surface area contributed by atoms with E-state index in [-0.39, 0.29) is 34.1 Å². The van der Waals surface area contributed by atoms with Crippen LogP contribution in [0.2, 0.25) is 0 Å². The molecule has 0 atom stereocenters. The van der Waals surface area contributed by atoms with Gasteiger partial charge in [-0.2, -0.15) is 0 Å². The molecule has 61 heavy (non-hydrogen) atoms. The van der Waals surface area contributed by atoms with E-state index in [0.29, 0.717) is 30.5 Å². The summed E-state index contributed by atoms with van der Waals surface area (Å²) in [5, 5.41) is 4.89. The molecule has 3 aliphatic rings. The van der Waals surface area contributed by atoms with Gasteiger partial charge in [-0.15, -0.1) is 0 Å². The lowest BCUT2D eigenvalue weighted by Gasteiger charge is -2.41. The van der Waals surface area contributed by atoms with Crippen molar-refractivity contribution in [2.75, 3.05) is 7.05 Å². The highest BCUT2D eigenvalue weighted by atomic mass is 16.2. The largest absolute Gasteiger partial charge is 0.354 e. The van der Waals surface area contributed by atoms with Crippen molar-refractivity contribution < 1.29 is 14.4 Å². The van der Waals surface area contributed by atoms with Crippen molar-refractivity contribution in [2.45, 2.75) is 150 Å². The fraction of sp³-hybridized carbons (Fsp3) is 0.453. The van der Waals surface area contributed by atoms with E-state index in [1.165, 1.54) is 63.6 Å². The number of amides is 3. The molecule has 0 saturated heterocycles. The lowest BCUT2D eigenvalue weighted by Crippen LogP contribution is -2.47. The van der Waals surface area contributed by atoms with E-state index < -0.39 is 0 Å². The topological polar surface area (TPSA) is 95.5 Å². The molecule has 4 heterocycles. The van der Waals surface area contributed by atoms with Crippen LogP contribution in [0.5, 0.6) is 0 Å². The van der Waals surface area contributed by atoms with Gasteiger partial charge in [0, 0.05) is 55.6 Å². The SMILES string of the molecule is CC(C)(C)c1cccc2c1CC(=O)N(C1CCC1)C2.CC(C)N1Cc2cccc(C(C)(C)C)c2CC1=O.CNC(=O)c1ccc(-c2cc3cccc(C(C)(C)C)c3cn2)cn1. The van der Waals surface area contributed by atoms with Crippen molar-refractivity contribution in [2.24, 2.45) is 0 Å². The van der Waals surface area contributed by atoms with Crippen LogP contribution in [-0.2, 0) is 51.8 Å². The average Bonchev–Trinajstić information content (AvgIpc) is 3.18. The minimum Gasteiger partial charge on any atom is -0.354 e. The molecular weight excluding hydrogens is 755 g/mol. The number of rotatable bonds is 4. The molecule has 8 nitrogen and oxygen atoms in total. The molecule has 0 radical (unpaired) electrons. The third-order valence-electron chi connectivity index (χ3n) is 12.4. The highest BCUT2D eigenvalue weighted by Gasteiger charge is 2.34. The molecule has 3 aromatic carbocycles. The van der Waals surface area contributed by atoms with Crippen LogP contribution in [0.1, 0.15) is 145 Å². The molecule has 2 aliphatic heterocycles. The fourth-order valence-corrected chi connectivity index (χ4v) is 8.73. The van der Waals surface area contributed by atoms with E-state index in [1.54, 1.807) is 19.3 Å². The van der Waals surface area contributed by atoms with Gasteiger partial charge in [0.1, 0.15) is 5.69 Å². The second kappa shape index (κ2) is 17.9. The molecular formula is C53H67N5O3. The lowest BCUT2D eigenvalue weighted by atomic mass is 9.79. The van der Waals surface area contributed by atoms with Crippen LogP contribution in [0.25, 0.3) is 22.0 Å². The summed E-state index contributed by atoms with van der Waals surface area (Å²) in [5.41, 5.74) is 11.6. The van der Waals surface area contributed by atoms with Gasteiger partial charge in [-0.05, 0) is 112 Å². The summed E-state index contributed by atoms with van der Waals surface area (Å²) in [6.45, 7) is 25.7. The third kappa shape index (κ3) is 10.2. The highest BCUT2D eigenvalue weighted by Crippen LogP contribution is 2.36. The van der Waals surface area contributed by atoms with Gasteiger partial charge in [-0.3, -0.25) is 24.4 Å². The molecule has 1 fully saturated rings. The summed E-state index contributed by atoms with van der Waals surface area (Å²) >= 11 is 0. The number of pyridine rings is 2. The van der Waals surface area contributed by atoms with Crippen molar-refractivity contribution in [3.8, 4) is 11.3 Å². The first-order valence-corrected chi connectivity index (χ1v) is 22.1. The van der Waals surface area contributed by atoms with Crippen LogP contribution in [0.15, 0.2) is 85.2 Å². The van der Waals surface area contributed by atoms with E-state index in [4.69, 9.17) is 0 Å². The molecule has 5 aromatic rings. The normalized spacial score (nSPS) is 15.6. The first-order valence-electron chi connectivity index (χ1n) is 22.1. The summed E-state index contributed by atoms with van der Waals surface area (Å²) in [4.78, 5) is 49.1. The second-order valence-corrected chi connectivity index (χ2v) is 20.3. The lowest BCUT2D eigenvalue weighted by molar-refractivity contribution is -0.136. The number of carbonyl (C=O) groups is 3. The summed E-state index contributed by atoms with van der Waals surface area (Å²) in [5.74, 6) is 0.394. The molecule has 8 rings (SSSR count). The standard InChI is InChI=1S/C20H21N3O.C17H23NO.C16H23NO/c1-20(2,3)16-7-5-6-13-10-18(23-12-15(13)16)14-8-9-17(22-11-14)19(24)21-4;1-17(2,3)15-9-4-6-12-11-18(13-7-5-8-13)16(19)10-14(12)15;1-11(2)17-10-12-7-6-8-14(16(3,4)5)13(12)9-15(17)18/h5-12H,1-4H3,(H,21,24);4,6,9,13H,5,7-8,10-11H2,1-3H3;6-8,11H,9-10H2,1-5H3. The Balaban J connectivity index is 0.000000155. The molecule has 0 bridgehead atoms. The van der Waals surface area contributed by atoms with Gasteiger partial charge < -0.3 is 15.1 Å². The quantitative estimate of drug-likeness (QED) is 0.195. The Morgan fingerprint density at radius 3 is 1.75 bits per heavy atom. The van der Waals surface area contributed by atoms with Crippen molar-refractivity contribution in [1.29, 1.82) is 0 Å². The molecule has 1 aliphatic carbocycles. The summed E-state index contributed by atoms with van der Waals surface area (Å²) < 4.78 is 0. The Labute approximate surface area is 364 Å². The van der Waals surface area contributed by atoms with Crippen molar-refractivity contribution >= 4 is 28.5 Å². The van der Waals surface area contributed by atoms with Gasteiger partial charge in [0.25, 0.3) is 5.91 Å². The van der Waals surface area contributed by atoms with Gasteiger partial charge in [-0.25, -0.2) is 0 Å². The number of benzene rings is 3. The molecule has 322 valence electrons. The Morgan fingerprint density at radius 1 is 0.689 bits per heavy atom. The number of nitrogens with zero attached hydrogens (tertiary/aromatic N) is 4. The summed E-state index contributed by atoms with van der Waals surface area (Å²) in [6.07, 6.45) is 8.44. The van der Waals surface area contributed by atoms with Crippen molar-refractivity contribution in [3.63, 3.8) is 0 Å². The van der Waals surface area contributed by atoms with Crippen LogP contribution in [-0.4, -0.2) is 56.6 Å². The third-order valence-corrected chi connectivity index (χ3v) is 12.4. The van der Waals surface area contributed by atoms with Crippen LogP contribution in [0.3, 0.4) is 0 Å². The van der Waals surface area contributed by atoms with E-state index in [1.807, 2.05) is 17.2 Å². The van der Waals surface area contributed by atoms with E-state index >= 15 is 0 Å². The predicted octanol–water partition coefficient (Wildman–Crippen LogP) is 10.7. The van der Waals surface area contributed by atoms with Crippen LogP contribution < -0.4 is 5.32 Å². The molecule has 1 N–H and O–H groups in total. The number of hydrogen-bond donors (Lipinski definition) is 1. The number of nitrogens with one attached hydrogen (secondary N) is 1. The number of hydrogen-bond acceptors (Lipinski definition) is 5. The molecule has 8 heteroatoms. The van der Waals surface area contributed by atoms with Crippen LogP contribution in [0, 0.1) is 0 Å². The molecule has 0 spiro atoms. The van der Waals surface area contributed by atoms with Crippen molar-refractivity contribution in [1.82, 2.24) is 25.1 Å².